The number of nitrogens with zero attached hydrogens (tertiary/aromatic N) is 6. The number of likely N-dealkylation sites (tertiary alicyclic amines) is 1. The lowest BCUT2D eigenvalue weighted by Crippen LogP contribution is -2.39. The summed E-state index contributed by atoms with van der Waals surface area (Å²) in [6.45, 7) is 4.77. The summed E-state index contributed by atoms with van der Waals surface area (Å²) in [4.78, 5) is 10.6. The van der Waals surface area contributed by atoms with Crippen molar-refractivity contribution in [1.29, 1.82) is 0 Å². The third-order valence-corrected chi connectivity index (χ3v) is 3.71. The Morgan fingerprint density at radius 3 is 2.90 bits per heavy atom. The minimum absolute atomic E-state index is 0.470. The van der Waals surface area contributed by atoms with Gasteiger partial charge in [-0.2, -0.15) is 0 Å². The van der Waals surface area contributed by atoms with Crippen molar-refractivity contribution in [2.45, 2.75) is 19.4 Å². The number of hydrogen-bond donors (Lipinski definition) is 0. The van der Waals surface area contributed by atoms with Crippen LogP contribution in [0.15, 0.2) is 30.9 Å². The van der Waals surface area contributed by atoms with Crippen LogP contribution in [0.25, 0.3) is 0 Å². The van der Waals surface area contributed by atoms with Crippen LogP contribution in [-0.2, 0) is 6.54 Å². The Morgan fingerprint density at radius 1 is 1.19 bits per heavy atom. The molecule has 0 amide bonds. The fourth-order valence-electron chi connectivity index (χ4n) is 2.64. The average molecular weight is 288 g/mol. The molecule has 0 spiro atoms. The highest BCUT2D eigenvalue weighted by Gasteiger charge is 2.20. The molecule has 1 fully saturated rings. The van der Waals surface area contributed by atoms with Crippen LogP contribution in [0.3, 0.4) is 0 Å². The maximum absolute atomic E-state index is 5.67. The second-order valence-electron chi connectivity index (χ2n) is 5.32. The minimum Gasteiger partial charge on any atom is -0.463 e. The standard InChI is InChI=1S/C14H20N6O/c1-3-13(12-21-14-15-4-2-5-16-14)11-19(7-1)9-10-20-8-6-17-18-20/h2,4-6,8,13H,1,3,7,9-12H2. The van der Waals surface area contributed by atoms with E-state index >= 15 is 0 Å². The molecular formula is C14H20N6O. The van der Waals surface area contributed by atoms with E-state index in [1.165, 1.54) is 12.8 Å². The second-order valence-corrected chi connectivity index (χ2v) is 5.32. The summed E-state index contributed by atoms with van der Waals surface area (Å²) in [5.41, 5.74) is 0. The van der Waals surface area contributed by atoms with Gasteiger partial charge in [0.1, 0.15) is 0 Å². The molecule has 2 aromatic rings. The molecule has 7 heteroatoms. The predicted octanol–water partition coefficient (Wildman–Crippen LogP) is 0.859. The van der Waals surface area contributed by atoms with E-state index in [1.54, 1.807) is 24.7 Å². The molecule has 3 heterocycles. The molecule has 1 aliphatic heterocycles. The first-order valence-electron chi connectivity index (χ1n) is 7.36. The van der Waals surface area contributed by atoms with Crippen LogP contribution in [0, 0.1) is 5.92 Å². The van der Waals surface area contributed by atoms with E-state index in [0.29, 0.717) is 18.5 Å². The molecular weight excluding hydrogens is 268 g/mol. The molecule has 21 heavy (non-hydrogen) atoms. The predicted molar refractivity (Wildman–Crippen MR) is 76.7 cm³/mol. The van der Waals surface area contributed by atoms with Crippen molar-refractivity contribution in [2.75, 3.05) is 26.2 Å². The highest BCUT2D eigenvalue weighted by Crippen LogP contribution is 2.17. The molecule has 2 aromatic heterocycles. The smallest absolute Gasteiger partial charge is 0.316 e. The van der Waals surface area contributed by atoms with Gasteiger partial charge in [-0.15, -0.1) is 5.10 Å². The maximum Gasteiger partial charge on any atom is 0.316 e. The maximum atomic E-state index is 5.67. The van der Waals surface area contributed by atoms with Gasteiger partial charge >= 0.3 is 6.01 Å². The lowest BCUT2D eigenvalue weighted by molar-refractivity contribution is 0.121. The summed E-state index contributed by atoms with van der Waals surface area (Å²) in [5, 5.41) is 7.82. The van der Waals surface area contributed by atoms with Gasteiger partial charge in [-0.05, 0) is 25.5 Å². The van der Waals surface area contributed by atoms with Gasteiger partial charge in [0.2, 0.25) is 0 Å². The van der Waals surface area contributed by atoms with E-state index in [9.17, 15) is 0 Å². The Labute approximate surface area is 124 Å². The molecule has 0 aromatic carbocycles. The van der Waals surface area contributed by atoms with Crippen LogP contribution in [0.1, 0.15) is 12.8 Å². The number of aromatic nitrogens is 5. The lowest BCUT2D eigenvalue weighted by atomic mass is 9.99. The van der Waals surface area contributed by atoms with Crippen LogP contribution >= 0.6 is 0 Å². The molecule has 112 valence electrons. The lowest BCUT2D eigenvalue weighted by Gasteiger charge is -2.32. The summed E-state index contributed by atoms with van der Waals surface area (Å²) in [6, 6.07) is 2.26. The SMILES string of the molecule is c1cnc(OCC2CCCN(CCn3ccnn3)C2)nc1. The number of piperidine rings is 1. The van der Waals surface area contributed by atoms with E-state index in [-0.39, 0.29) is 0 Å². The summed E-state index contributed by atoms with van der Waals surface area (Å²) >= 11 is 0. The average Bonchev–Trinajstić information content (AvgIpc) is 3.06. The van der Waals surface area contributed by atoms with Gasteiger partial charge in [-0.1, -0.05) is 5.21 Å². The second kappa shape index (κ2) is 7.12. The van der Waals surface area contributed by atoms with Crippen molar-refractivity contribution < 1.29 is 4.74 Å². The number of hydrogen-bond acceptors (Lipinski definition) is 6. The van der Waals surface area contributed by atoms with Crippen LogP contribution < -0.4 is 4.74 Å². The largest absolute Gasteiger partial charge is 0.463 e. The molecule has 0 aliphatic carbocycles. The van der Waals surface area contributed by atoms with E-state index in [2.05, 4.69) is 25.2 Å². The molecule has 1 atom stereocenters. The molecule has 0 saturated carbocycles. The molecule has 7 nitrogen and oxygen atoms in total. The Morgan fingerprint density at radius 2 is 2.10 bits per heavy atom. The molecule has 1 aliphatic rings. The number of rotatable bonds is 6. The van der Waals surface area contributed by atoms with Crippen LogP contribution in [0.5, 0.6) is 6.01 Å². The Kier molecular flexibility index (Phi) is 4.73. The van der Waals surface area contributed by atoms with Crippen LogP contribution in [0.2, 0.25) is 0 Å². The van der Waals surface area contributed by atoms with Crippen molar-refractivity contribution in [3.63, 3.8) is 0 Å². The zero-order chi connectivity index (χ0) is 14.3. The van der Waals surface area contributed by atoms with Gasteiger partial charge in [0, 0.05) is 37.6 Å². The van der Waals surface area contributed by atoms with Gasteiger partial charge in [0.15, 0.2) is 0 Å². The fourth-order valence-corrected chi connectivity index (χ4v) is 2.64. The van der Waals surface area contributed by atoms with Gasteiger partial charge in [0.05, 0.1) is 19.3 Å². The summed E-state index contributed by atoms with van der Waals surface area (Å²) in [7, 11) is 0. The van der Waals surface area contributed by atoms with E-state index in [1.807, 2.05) is 10.9 Å². The topological polar surface area (TPSA) is 69.0 Å². The van der Waals surface area contributed by atoms with Crippen molar-refractivity contribution in [1.82, 2.24) is 29.9 Å². The monoisotopic (exact) mass is 288 g/mol. The third-order valence-electron chi connectivity index (χ3n) is 3.71. The normalized spacial score (nSPS) is 19.5. The van der Waals surface area contributed by atoms with Gasteiger partial charge in [-0.3, -0.25) is 4.68 Å². The Balaban J connectivity index is 1.42. The van der Waals surface area contributed by atoms with Crippen LogP contribution in [0.4, 0.5) is 0 Å². The summed E-state index contributed by atoms with van der Waals surface area (Å²) in [6.07, 6.45) is 9.43. The van der Waals surface area contributed by atoms with E-state index in [0.717, 1.165) is 26.2 Å². The molecule has 3 rings (SSSR count). The Bertz CT molecular complexity index is 518. The first-order valence-corrected chi connectivity index (χ1v) is 7.36. The minimum atomic E-state index is 0.470. The highest BCUT2D eigenvalue weighted by atomic mass is 16.5. The fraction of sp³-hybridized carbons (Fsp3) is 0.571. The molecule has 0 bridgehead atoms. The van der Waals surface area contributed by atoms with Gasteiger partial charge in [0.25, 0.3) is 0 Å². The van der Waals surface area contributed by atoms with Gasteiger partial charge in [-0.25, -0.2) is 9.97 Å². The molecule has 1 saturated heterocycles. The molecule has 0 N–H and O–H groups in total. The van der Waals surface area contributed by atoms with E-state index in [4.69, 9.17) is 4.74 Å². The van der Waals surface area contributed by atoms with E-state index < -0.39 is 0 Å². The first-order chi connectivity index (χ1) is 10.4. The van der Waals surface area contributed by atoms with Crippen molar-refractivity contribution in [3.8, 4) is 6.01 Å². The van der Waals surface area contributed by atoms with Crippen molar-refractivity contribution in [3.05, 3.63) is 30.9 Å². The van der Waals surface area contributed by atoms with Crippen molar-refractivity contribution in [2.24, 2.45) is 5.92 Å². The highest BCUT2D eigenvalue weighted by molar-refractivity contribution is 4.93. The zero-order valence-electron chi connectivity index (χ0n) is 12.0. The summed E-state index contributed by atoms with van der Waals surface area (Å²) < 4.78 is 7.54. The van der Waals surface area contributed by atoms with Gasteiger partial charge < -0.3 is 9.64 Å². The molecule has 0 radical (unpaired) electrons. The number of ether oxygens (including phenoxy) is 1. The third kappa shape index (κ3) is 4.22. The first kappa shape index (κ1) is 13.9. The quantitative estimate of drug-likeness (QED) is 0.785. The zero-order valence-corrected chi connectivity index (χ0v) is 12.0. The summed E-state index contributed by atoms with van der Waals surface area (Å²) in [5.74, 6) is 0.540. The Hall–Kier alpha value is -2.02. The van der Waals surface area contributed by atoms with Crippen LogP contribution in [-0.4, -0.2) is 56.1 Å². The molecule has 1 unspecified atom stereocenters. The van der Waals surface area contributed by atoms with Crippen molar-refractivity contribution >= 4 is 0 Å².